The van der Waals surface area contributed by atoms with Crippen molar-refractivity contribution in [3.63, 3.8) is 0 Å². The summed E-state index contributed by atoms with van der Waals surface area (Å²) in [6.07, 6.45) is -3.13. The van der Waals surface area contributed by atoms with Crippen molar-refractivity contribution < 1.29 is 22.4 Å². The van der Waals surface area contributed by atoms with Crippen molar-refractivity contribution >= 4 is 40.9 Å². The van der Waals surface area contributed by atoms with Gasteiger partial charge < -0.3 is 9.73 Å². The molecule has 2 aromatic rings. The number of benzene rings is 1. The first-order valence-electron chi connectivity index (χ1n) is 6.94. The molecule has 0 radical (unpaired) electrons. The fourth-order valence-electron chi connectivity index (χ4n) is 2.25. The van der Waals surface area contributed by atoms with E-state index in [0.717, 1.165) is 12.1 Å². The van der Waals surface area contributed by atoms with Gasteiger partial charge in [-0.15, -0.1) is 0 Å². The first kappa shape index (κ1) is 17.5. The Hall–Kier alpha value is -2.32. The number of halogens is 4. The first-order chi connectivity index (χ1) is 11.7. The third-order valence-corrected chi connectivity index (χ3v) is 4.26. The molecule has 2 heterocycles. The van der Waals surface area contributed by atoms with Crippen LogP contribution in [0.25, 0.3) is 17.4 Å². The molecule has 130 valence electrons. The highest BCUT2D eigenvalue weighted by atomic mass is 35.5. The second kappa shape index (κ2) is 6.20. The second-order valence-electron chi connectivity index (χ2n) is 5.25. The van der Waals surface area contributed by atoms with Gasteiger partial charge in [-0.05, 0) is 42.5 Å². The molecule has 1 amide bonds. The van der Waals surface area contributed by atoms with E-state index in [1.54, 1.807) is 6.07 Å². The molecule has 1 aliphatic rings. The quantitative estimate of drug-likeness (QED) is 0.617. The summed E-state index contributed by atoms with van der Waals surface area (Å²) in [5, 5.41) is 2.60. The lowest BCUT2D eigenvalue weighted by atomic mass is 10.1. The summed E-state index contributed by atoms with van der Waals surface area (Å²) in [5.41, 5.74) is -0.497. The maximum Gasteiger partial charge on any atom is 0.417 e. The Morgan fingerprint density at radius 2 is 2.00 bits per heavy atom. The monoisotopic (exact) mass is 386 g/mol. The molecule has 1 aliphatic heterocycles. The number of rotatable bonds is 2. The van der Waals surface area contributed by atoms with E-state index in [1.807, 2.05) is 0 Å². The van der Waals surface area contributed by atoms with Gasteiger partial charge in [-0.25, -0.2) is 0 Å². The van der Waals surface area contributed by atoms with Crippen LogP contribution in [0.3, 0.4) is 0 Å². The zero-order valence-electron chi connectivity index (χ0n) is 12.6. The standard InChI is InChI=1S/C16H10ClF3N2O2S/c1-22-14(23)12(21-15(22)25)7-9-3-5-13(24-9)8-2-4-11(17)10(6-8)16(18,19)20/h2-7H,1H3,(H,21,25)/b12-7+. The van der Waals surface area contributed by atoms with Crippen molar-refractivity contribution in [3.8, 4) is 11.3 Å². The van der Waals surface area contributed by atoms with Gasteiger partial charge in [0, 0.05) is 18.7 Å². The lowest BCUT2D eigenvalue weighted by Gasteiger charge is -2.09. The first-order valence-corrected chi connectivity index (χ1v) is 7.73. The van der Waals surface area contributed by atoms with Gasteiger partial charge >= 0.3 is 6.18 Å². The summed E-state index contributed by atoms with van der Waals surface area (Å²) in [4.78, 5) is 13.2. The van der Waals surface area contributed by atoms with Crippen LogP contribution in [0.2, 0.25) is 5.02 Å². The Morgan fingerprint density at radius 3 is 2.60 bits per heavy atom. The molecule has 1 N–H and O–H groups in total. The van der Waals surface area contributed by atoms with E-state index in [4.69, 9.17) is 28.2 Å². The number of likely N-dealkylation sites (N-methyl/N-ethyl adjacent to an activating group) is 1. The van der Waals surface area contributed by atoms with Gasteiger partial charge in [0.25, 0.3) is 5.91 Å². The predicted molar refractivity (Wildman–Crippen MR) is 90.6 cm³/mol. The van der Waals surface area contributed by atoms with Crippen LogP contribution in [0.1, 0.15) is 11.3 Å². The molecule has 1 aromatic heterocycles. The molecule has 0 aliphatic carbocycles. The lowest BCUT2D eigenvalue weighted by molar-refractivity contribution is -0.137. The minimum Gasteiger partial charge on any atom is -0.457 e. The van der Waals surface area contributed by atoms with E-state index in [-0.39, 0.29) is 33.1 Å². The van der Waals surface area contributed by atoms with Crippen molar-refractivity contribution in [1.82, 2.24) is 10.2 Å². The number of thiocarbonyl (C=S) groups is 1. The van der Waals surface area contributed by atoms with Crippen molar-refractivity contribution in [2.75, 3.05) is 7.05 Å². The zero-order chi connectivity index (χ0) is 18.4. The van der Waals surface area contributed by atoms with Gasteiger partial charge in [0.15, 0.2) is 5.11 Å². The number of carbonyl (C=O) groups is 1. The minimum atomic E-state index is -4.56. The molecule has 0 spiro atoms. The molecular formula is C16H10ClF3N2O2S. The van der Waals surface area contributed by atoms with Crippen molar-refractivity contribution in [1.29, 1.82) is 0 Å². The number of hydrogen-bond acceptors (Lipinski definition) is 3. The second-order valence-corrected chi connectivity index (χ2v) is 6.04. The summed E-state index contributed by atoms with van der Waals surface area (Å²) in [5.74, 6) is 0.191. The van der Waals surface area contributed by atoms with E-state index in [2.05, 4.69) is 5.32 Å². The fraction of sp³-hybridized carbons (Fsp3) is 0.125. The fourth-order valence-corrected chi connectivity index (χ4v) is 2.66. The predicted octanol–water partition coefficient (Wildman–Crippen LogP) is 4.31. The zero-order valence-corrected chi connectivity index (χ0v) is 14.2. The number of alkyl halides is 3. The summed E-state index contributed by atoms with van der Waals surface area (Å²) >= 11 is 10.6. The van der Waals surface area contributed by atoms with Crippen molar-refractivity contribution in [3.05, 3.63) is 52.4 Å². The van der Waals surface area contributed by atoms with Crippen LogP contribution >= 0.6 is 23.8 Å². The molecule has 0 bridgehead atoms. The van der Waals surface area contributed by atoms with Crippen LogP contribution in [0.15, 0.2) is 40.4 Å². The number of hydrogen-bond donors (Lipinski definition) is 1. The Bertz CT molecular complexity index is 905. The van der Waals surface area contributed by atoms with E-state index in [1.165, 1.54) is 30.2 Å². The van der Waals surface area contributed by atoms with Gasteiger partial charge in [0.05, 0.1) is 10.6 Å². The molecule has 1 aromatic carbocycles. The Kier molecular flexibility index (Phi) is 4.34. The summed E-state index contributed by atoms with van der Waals surface area (Å²) < 4.78 is 44.4. The molecular weight excluding hydrogens is 377 g/mol. The normalized spacial score (nSPS) is 16.7. The van der Waals surface area contributed by atoms with Gasteiger partial charge in [-0.2, -0.15) is 13.2 Å². The molecule has 4 nitrogen and oxygen atoms in total. The third-order valence-electron chi connectivity index (χ3n) is 3.55. The number of carbonyl (C=O) groups excluding carboxylic acids is 1. The SMILES string of the molecule is CN1C(=O)/C(=C\c2ccc(-c3ccc(Cl)c(C(F)(F)F)c3)o2)NC1=S. The number of amides is 1. The Morgan fingerprint density at radius 1 is 1.28 bits per heavy atom. The van der Waals surface area contributed by atoms with Crippen LogP contribution in [-0.4, -0.2) is 23.0 Å². The smallest absolute Gasteiger partial charge is 0.417 e. The summed E-state index contributed by atoms with van der Waals surface area (Å²) in [6, 6.07) is 6.56. The minimum absolute atomic E-state index is 0.218. The molecule has 1 saturated heterocycles. The molecule has 9 heteroatoms. The third kappa shape index (κ3) is 3.40. The van der Waals surface area contributed by atoms with Crippen molar-refractivity contribution in [2.45, 2.75) is 6.18 Å². The molecule has 0 unspecified atom stereocenters. The van der Waals surface area contributed by atoms with Crippen molar-refractivity contribution in [2.24, 2.45) is 0 Å². The van der Waals surface area contributed by atoms with Crippen LogP contribution in [0, 0.1) is 0 Å². The van der Waals surface area contributed by atoms with E-state index in [0.29, 0.717) is 5.76 Å². The molecule has 3 rings (SSSR count). The van der Waals surface area contributed by atoms with E-state index >= 15 is 0 Å². The van der Waals surface area contributed by atoms with Crippen LogP contribution < -0.4 is 5.32 Å². The van der Waals surface area contributed by atoms with Gasteiger partial charge in [0.2, 0.25) is 0 Å². The van der Waals surface area contributed by atoms with E-state index in [9.17, 15) is 18.0 Å². The van der Waals surface area contributed by atoms with Gasteiger partial charge in [-0.1, -0.05) is 11.6 Å². The van der Waals surface area contributed by atoms with Gasteiger partial charge in [-0.3, -0.25) is 9.69 Å². The highest BCUT2D eigenvalue weighted by Crippen LogP contribution is 2.37. The Labute approximate surface area is 150 Å². The molecule has 1 fully saturated rings. The largest absolute Gasteiger partial charge is 0.457 e. The van der Waals surface area contributed by atoms with Gasteiger partial charge in [0.1, 0.15) is 17.2 Å². The number of nitrogens with one attached hydrogen (secondary N) is 1. The van der Waals surface area contributed by atoms with E-state index < -0.39 is 11.7 Å². The van der Waals surface area contributed by atoms with Crippen LogP contribution in [-0.2, 0) is 11.0 Å². The average molecular weight is 387 g/mol. The number of nitrogens with zero attached hydrogens (tertiary/aromatic N) is 1. The molecule has 0 atom stereocenters. The highest BCUT2D eigenvalue weighted by molar-refractivity contribution is 7.80. The maximum atomic E-state index is 12.9. The summed E-state index contributed by atoms with van der Waals surface area (Å²) in [7, 11) is 1.53. The lowest BCUT2D eigenvalue weighted by Crippen LogP contribution is -2.25. The summed E-state index contributed by atoms with van der Waals surface area (Å²) in [6.45, 7) is 0. The van der Waals surface area contributed by atoms with Crippen LogP contribution in [0.4, 0.5) is 13.2 Å². The topological polar surface area (TPSA) is 45.5 Å². The Balaban J connectivity index is 1.93. The van der Waals surface area contributed by atoms with Crippen LogP contribution in [0.5, 0.6) is 0 Å². The number of furan rings is 1. The molecule has 25 heavy (non-hydrogen) atoms. The highest BCUT2D eigenvalue weighted by Gasteiger charge is 2.33. The average Bonchev–Trinajstić information content (AvgIpc) is 3.08. The molecule has 0 saturated carbocycles. The maximum absolute atomic E-state index is 12.9.